The van der Waals surface area contributed by atoms with Gasteiger partial charge in [-0.05, 0) is 65.6 Å². The third-order valence-corrected chi connectivity index (χ3v) is 10.2. The van der Waals surface area contributed by atoms with Gasteiger partial charge in [0.15, 0.2) is 0 Å². The maximum atomic E-state index is 14.9. The number of ether oxygens (including phenoxy) is 1. The third kappa shape index (κ3) is 11.9. The molecule has 4 aromatic rings. The van der Waals surface area contributed by atoms with Gasteiger partial charge < -0.3 is 40.9 Å². The Labute approximate surface area is 319 Å². The van der Waals surface area contributed by atoms with Crippen molar-refractivity contribution in [1.29, 1.82) is 0 Å². The van der Waals surface area contributed by atoms with E-state index < -0.39 is 30.4 Å². The number of aliphatic hydroxyl groups excluding tert-OH is 3. The van der Waals surface area contributed by atoms with Gasteiger partial charge >= 0.3 is 12.1 Å². The predicted molar refractivity (Wildman–Crippen MR) is 210 cm³/mol. The second-order valence-electron chi connectivity index (χ2n) is 14.2. The number of benzene rings is 4. The second kappa shape index (κ2) is 21.2. The van der Waals surface area contributed by atoms with E-state index >= 15 is 0 Å². The lowest BCUT2D eigenvalue weighted by Gasteiger charge is -2.36. The molecule has 4 atom stereocenters. The lowest BCUT2D eigenvalue weighted by Crippen LogP contribution is -2.50. The third-order valence-electron chi connectivity index (χ3n) is 10.2. The smallest absolute Gasteiger partial charge is 0.407 e. The van der Waals surface area contributed by atoms with Crippen LogP contribution in [0.3, 0.4) is 0 Å². The number of hydrogen-bond acceptors (Lipinski definition) is 7. The Balaban J connectivity index is 1.33. The van der Waals surface area contributed by atoms with Gasteiger partial charge in [0.2, 0.25) is 0 Å². The summed E-state index contributed by atoms with van der Waals surface area (Å²) in [5.41, 5.74) is 10.7. The topological polar surface area (TPSA) is 149 Å². The van der Waals surface area contributed by atoms with E-state index in [-0.39, 0.29) is 32.3 Å². The predicted octanol–water partition coefficient (Wildman–Crippen LogP) is 6.09. The molecule has 0 unspecified atom stereocenters. The Hall–Kier alpha value is -4.74. The number of nitrogens with two attached hydrogens (primary N) is 1. The van der Waals surface area contributed by atoms with Gasteiger partial charge in [-0.25, -0.2) is 9.59 Å². The van der Waals surface area contributed by atoms with E-state index in [2.05, 4.69) is 5.32 Å². The van der Waals surface area contributed by atoms with Crippen LogP contribution in [0.5, 0.6) is 0 Å². The molecule has 1 saturated heterocycles. The number of amides is 3. The first-order valence-corrected chi connectivity index (χ1v) is 19.2. The van der Waals surface area contributed by atoms with E-state index in [1.165, 1.54) is 0 Å². The zero-order valence-electron chi connectivity index (χ0n) is 31.1. The van der Waals surface area contributed by atoms with E-state index in [1.54, 1.807) is 9.80 Å². The highest BCUT2D eigenvalue weighted by molar-refractivity contribution is 5.76. The van der Waals surface area contributed by atoms with E-state index in [4.69, 9.17) is 10.5 Å². The lowest BCUT2D eigenvalue weighted by molar-refractivity contribution is -0.0408. The molecule has 0 radical (unpaired) electrons. The van der Waals surface area contributed by atoms with Crippen molar-refractivity contribution >= 4 is 12.1 Å². The van der Waals surface area contributed by atoms with Crippen molar-refractivity contribution in [2.75, 3.05) is 13.1 Å². The van der Waals surface area contributed by atoms with Crippen molar-refractivity contribution < 1.29 is 29.6 Å². The molecular weight excluding hydrogens is 681 g/mol. The zero-order chi connectivity index (χ0) is 38.1. The minimum absolute atomic E-state index is 0.0892. The van der Waals surface area contributed by atoms with Gasteiger partial charge in [-0.1, -0.05) is 135 Å². The molecule has 0 saturated carbocycles. The van der Waals surface area contributed by atoms with Crippen LogP contribution in [0.4, 0.5) is 9.59 Å². The first kappa shape index (κ1) is 40.4. The highest BCUT2D eigenvalue weighted by Crippen LogP contribution is 2.30. The number of rotatable bonds is 19. The van der Waals surface area contributed by atoms with Gasteiger partial charge in [0.1, 0.15) is 18.8 Å². The highest BCUT2D eigenvalue weighted by Gasteiger charge is 2.46. The number of carbonyl (C=O) groups excluding carboxylic acids is 2. The Bertz CT molecular complexity index is 1690. The van der Waals surface area contributed by atoms with Crippen LogP contribution in [0.1, 0.15) is 71.9 Å². The minimum atomic E-state index is -1.24. The monoisotopic (exact) mass is 736 g/mol. The van der Waals surface area contributed by atoms with Crippen LogP contribution in [-0.4, -0.2) is 74.6 Å². The van der Waals surface area contributed by atoms with Gasteiger partial charge in [0.25, 0.3) is 0 Å². The summed E-state index contributed by atoms with van der Waals surface area (Å²) in [6.45, 7) is 1.71. The van der Waals surface area contributed by atoms with Crippen LogP contribution in [0, 0.1) is 0 Å². The maximum Gasteiger partial charge on any atom is 0.407 e. The van der Waals surface area contributed by atoms with Crippen molar-refractivity contribution in [3.8, 4) is 0 Å². The van der Waals surface area contributed by atoms with Crippen LogP contribution < -0.4 is 11.1 Å². The number of nitrogens with one attached hydrogen (secondary N) is 1. The SMILES string of the molecule is NCCCCCCCCNC(=O)OCc1ccc(CN2C(=O)N(Cc3ccc(CO)cc3)[C@H](Cc3ccccc3)[C@H](O)[C@@H](O)[C@H]2Cc2ccccc2)cc1. The number of hydrogen-bond donors (Lipinski definition) is 5. The largest absolute Gasteiger partial charge is 0.445 e. The molecule has 1 aliphatic rings. The standard InChI is InChI=1S/C44H56N4O6/c45-25-11-3-1-2-4-12-26-46-43(52)54-32-38-23-19-36(20-24-38)30-48-40(28-34-15-9-6-10-16-34)42(51)41(50)39(27-33-13-7-5-8-14-33)47(44(48)53)29-35-17-21-37(31-49)22-18-35/h5-10,13-24,39-42,49-51H,1-4,11-12,25-32,45H2,(H,46,52)/t39-,40-,41+,42+/m1/s1. The molecule has 4 aromatic carbocycles. The molecule has 288 valence electrons. The minimum Gasteiger partial charge on any atom is -0.445 e. The van der Waals surface area contributed by atoms with E-state index in [0.717, 1.165) is 78.5 Å². The fourth-order valence-electron chi connectivity index (χ4n) is 7.07. The molecule has 0 aliphatic carbocycles. The molecule has 0 spiro atoms. The number of carbonyl (C=O) groups is 2. The fourth-order valence-corrected chi connectivity index (χ4v) is 7.07. The summed E-state index contributed by atoms with van der Waals surface area (Å²) in [5, 5.41) is 36.4. The van der Waals surface area contributed by atoms with Gasteiger partial charge in [-0.2, -0.15) is 0 Å². The summed E-state index contributed by atoms with van der Waals surface area (Å²) in [7, 11) is 0. The van der Waals surface area contributed by atoms with E-state index in [0.29, 0.717) is 19.4 Å². The summed E-state index contributed by atoms with van der Waals surface area (Å²) in [5.74, 6) is 0. The Morgan fingerprint density at radius 1 is 0.611 bits per heavy atom. The molecule has 10 heteroatoms. The Kier molecular flexibility index (Phi) is 15.9. The average molecular weight is 737 g/mol. The number of unbranched alkanes of at least 4 members (excludes halogenated alkanes) is 5. The molecule has 0 bridgehead atoms. The first-order chi connectivity index (χ1) is 26.4. The molecule has 0 aromatic heterocycles. The van der Waals surface area contributed by atoms with Crippen LogP contribution in [0.25, 0.3) is 0 Å². The molecule has 5 rings (SSSR count). The molecule has 6 N–H and O–H groups in total. The Morgan fingerprint density at radius 3 is 1.54 bits per heavy atom. The van der Waals surface area contributed by atoms with Crippen molar-refractivity contribution in [3.63, 3.8) is 0 Å². The average Bonchev–Trinajstić information content (AvgIpc) is 3.26. The van der Waals surface area contributed by atoms with Crippen LogP contribution in [0.15, 0.2) is 109 Å². The summed E-state index contributed by atoms with van der Waals surface area (Å²) in [6.07, 6.45) is 4.20. The van der Waals surface area contributed by atoms with Crippen LogP contribution in [0.2, 0.25) is 0 Å². The van der Waals surface area contributed by atoms with Gasteiger partial charge in [0, 0.05) is 19.6 Å². The van der Waals surface area contributed by atoms with Crippen molar-refractivity contribution in [2.24, 2.45) is 5.73 Å². The zero-order valence-corrected chi connectivity index (χ0v) is 31.1. The number of urea groups is 1. The molecule has 54 heavy (non-hydrogen) atoms. The summed E-state index contributed by atoms with van der Waals surface area (Å²) in [6, 6.07) is 32.6. The Morgan fingerprint density at radius 2 is 1.06 bits per heavy atom. The number of alkyl carbamates (subject to hydrolysis) is 1. The normalized spacial score (nSPS) is 18.7. The second-order valence-corrected chi connectivity index (χ2v) is 14.2. The van der Waals surface area contributed by atoms with Gasteiger partial charge in [-0.3, -0.25) is 0 Å². The van der Waals surface area contributed by atoms with Crippen molar-refractivity contribution in [3.05, 3.63) is 143 Å². The lowest BCUT2D eigenvalue weighted by atomic mass is 9.91. The quantitative estimate of drug-likeness (QED) is 0.0733. The van der Waals surface area contributed by atoms with Gasteiger partial charge in [-0.15, -0.1) is 0 Å². The van der Waals surface area contributed by atoms with Crippen LogP contribution >= 0.6 is 0 Å². The molecular formula is C44H56N4O6. The molecule has 1 aliphatic heterocycles. The molecule has 10 nitrogen and oxygen atoms in total. The summed E-state index contributed by atoms with van der Waals surface area (Å²) in [4.78, 5) is 30.6. The van der Waals surface area contributed by atoms with Crippen LogP contribution in [-0.2, 0) is 43.9 Å². The maximum absolute atomic E-state index is 14.9. The van der Waals surface area contributed by atoms with Crippen molar-refractivity contribution in [2.45, 2.75) is 102 Å². The molecule has 1 heterocycles. The van der Waals surface area contributed by atoms with Gasteiger partial charge in [0.05, 0.1) is 18.7 Å². The van der Waals surface area contributed by atoms with E-state index in [9.17, 15) is 24.9 Å². The highest BCUT2D eigenvalue weighted by atomic mass is 16.5. The fraction of sp³-hybridized carbons (Fsp3) is 0.409. The molecule has 3 amide bonds. The van der Waals surface area contributed by atoms with Crippen molar-refractivity contribution in [1.82, 2.24) is 15.1 Å². The molecule has 1 fully saturated rings. The summed E-state index contributed by atoms with van der Waals surface area (Å²) >= 11 is 0. The summed E-state index contributed by atoms with van der Waals surface area (Å²) < 4.78 is 5.46. The number of nitrogens with zero attached hydrogens (tertiary/aromatic N) is 2. The van der Waals surface area contributed by atoms with E-state index in [1.807, 2.05) is 109 Å². The number of aliphatic hydroxyl groups is 3. The first-order valence-electron chi connectivity index (χ1n) is 19.2.